The van der Waals surface area contributed by atoms with E-state index < -0.39 is 0 Å². The van der Waals surface area contributed by atoms with Crippen molar-refractivity contribution in [2.24, 2.45) is 0 Å². The van der Waals surface area contributed by atoms with Crippen LogP contribution in [0.2, 0.25) is 0 Å². The normalized spacial score (nSPS) is 10.5. The Morgan fingerprint density at radius 1 is 1.19 bits per heavy atom. The van der Waals surface area contributed by atoms with E-state index in [4.69, 9.17) is 5.26 Å². The number of rotatable bonds is 5. The van der Waals surface area contributed by atoms with Gasteiger partial charge in [0.15, 0.2) is 5.13 Å². The van der Waals surface area contributed by atoms with Gasteiger partial charge < -0.3 is 15.0 Å². The molecule has 2 N–H and O–H groups in total. The Morgan fingerprint density at radius 3 is 2.85 bits per heavy atom. The minimum Gasteiger partial charge on any atom is -0.357 e. The molecule has 3 heterocycles. The number of thiazole rings is 1. The van der Waals surface area contributed by atoms with Crippen LogP contribution in [0.15, 0.2) is 61.2 Å². The summed E-state index contributed by atoms with van der Waals surface area (Å²) in [5.41, 5.74) is 3.16. The van der Waals surface area contributed by atoms with Crippen LogP contribution in [0, 0.1) is 11.3 Å². The lowest BCUT2D eigenvalue weighted by Crippen LogP contribution is -2.10. The van der Waals surface area contributed by atoms with E-state index in [1.165, 1.54) is 11.3 Å². The number of nitrogens with one attached hydrogen (secondary N) is 2. The van der Waals surface area contributed by atoms with Crippen molar-refractivity contribution in [1.82, 2.24) is 14.4 Å². The van der Waals surface area contributed by atoms with Gasteiger partial charge in [0.1, 0.15) is 10.5 Å². The summed E-state index contributed by atoms with van der Waals surface area (Å²) in [6, 6.07) is 13.1. The Hall–Kier alpha value is -3.70. The standard InChI is InChI=1S/C19H14N6OS/c20-9-13-1-3-14(4-2-13)10-22-19-23-11-16(27-19)18(26)24-15-5-6-17-21-7-8-25(17)12-15/h1-8,11-12H,10H2,(H,22,23)(H,24,26). The Kier molecular flexibility index (Phi) is 4.51. The molecule has 0 aliphatic rings. The topological polar surface area (TPSA) is 95.1 Å². The van der Waals surface area contributed by atoms with Gasteiger partial charge in [-0.05, 0) is 29.8 Å². The molecular formula is C19H14N6OS. The first-order chi connectivity index (χ1) is 13.2. The van der Waals surface area contributed by atoms with Gasteiger partial charge in [-0.15, -0.1) is 0 Å². The van der Waals surface area contributed by atoms with Gasteiger partial charge in [0.25, 0.3) is 5.91 Å². The second kappa shape index (κ2) is 7.27. The quantitative estimate of drug-likeness (QED) is 0.557. The maximum absolute atomic E-state index is 12.4. The molecule has 0 atom stereocenters. The van der Waals surface area contributed by atoms with Gasteiger partial charge >= 0.3 is 0 Å². The zero-order chi connectivity index (χ0) is 18.6. The average Bonchev–Trinajstić information content (AvgIpc) is 3.36. The molecule has 0 fully saturated rings. The zero-order valence-electron chi connectivity index (χ0n) is 14.1. The molecule has 0 unspecified atom stereocenters. The summed E-state index contributed by atoms with van der Waals surface area (Å²) in [7, 11) is 0. The van der Waals surface area contributed by atoms with Gasteiger partial charge in [-0.25, -0.2) is 9.97 Å². The molecule has 8 heteroatoms. The molecule has 132 valence electrons. The van der Waals surface area contributed by atoms with E-state index >= 15 is 0 Å². The van der Waals surface area contributed by atoms with Gasteiger partial charge in [-0.2, -0.15) is 5.26 Å². The Morgan fingerprint density at radius 2 is 2.04 bits per heavy atom. The van der Waals surface area contributed by atoms with Crippen molar-refractivity contribution in [3.63, 3.8) is 0 Å². The highest BCUT2D eigenvalue weighted by atomic mass is 32.1. The Balaban J connectivity index is 1.38. The summed E-state index contributed by atoms with van der Waals surface area (Å²) in [5, 5.41) is 15.5. The van der Waals surface area contributed by atoms with E-state index in [1.54, 1.807) is 24.5 Å². The van der Waals surface area contributed by atoms with E-state index in [2.05, 4.69) is 26.7 Å². The number of pyridine rings is 1. The monoisotopic (exact) mass is 374 g/mol. The summed E-state index contributed by atoms with van der Waals surface area (Å²) in [6.07, 6.45) is 6.89. The fourth-order valence-electron chi connectivity index (χ4n) is 2.52. The second-order valence-electron chi connectivity index (χ2n) is 5.76. The first-order valence-electron chi connectivity index (χ1n) is 8.14. The van der Waals surface area contributed by atoms with Crippen LogP contribution in [0.3, 0.4) is 0 Å². The molecule has 0 aliphatic carbocycles. The lowest BCUT2D eigenvalue weighted by molar-refractivity contribution is 0.103. The molecule has 0 radical (unpaired) electrons. The van der Waals surface area contributed by atoms with Crippen LogP contribution in [0.1, 0.15) is 20.8 Å². The maximum Gasteiger partial charge on any atom is 0.267 e. The average molecular weight is 374 g/mol. The minimum atomic E-state index is -0.210. The molecule has 3 aromatic heterocycles. The van der Waals surface area contributed by atoms with Crippen LogP contribution < -0.4 is 10.6 Å². The molecule has 4 rings (SSSR count). The number of hydrogen-bond donors (Lipinski definition) is 2. The number of hydrogen-bond acceptors (Lipinski definition) is 6. The van der Waals surface area contributed by atoms with Crippen LogP contribution in [0.4, 0.5) is 10.8 Å². The Labute approximate surface area is 158 Å². The fourth-order valence-corrected chi connectivity index (χ4v) is 3.23. The van der Waals surface area contributed by atoms with Crippen molar-refractivity contribution in [1.29, 1.82) is 5.26 Å². The number of carbonyl (C=O) groups is 1. The number of nitrogens with zero attached hydrogens (tertiary/aromatic N) is 4. The highest BCUT2D eigenvalue weighted by Gasteiger charge is 2.11. The smallest absolute Gasteiger partial charge is 0.267 e. The molecule has 7 nitrogen and oxygen atoms in total. The lowest BCUT2D eigenvalue weighted by Gasteiger charge is -2.04. The first-order valence-corrected chi connectivity index (χ1v) is 8.96. The van der Waals surface area contributed by atoms with E-state index in [0.29, 0.717) is 27.8 Å². The van der Waals surface area contributed by atoms with Crippen LogP contribution in [-0.2, 0) is 6.54 Å². The first kappa shape index (κ1) is 16.8. The Bertz CT molecular complexity index is 1140. The molecule has 1 aromatic carbocycles. The summed E-state index contributed by atoms with van der Waals surface area (Å²) >= 11 is 1.29. The van der Waals surface area contributed by atoms with Gasteiger partial charge in [-0.1, -0.05) is 23.5 Å². The number of nitriles is 1. The molecule has 0 aliphatic heterocycles. The van der Waals surface area contributed by atoms with Gasteiger partial charge in [-0.3, -0.25) is 4.79 Å². The summed E-state index contributed by atoms with van der Waals surface area (Å²) < 4.78 is 1.84. The van der Waals surface area contributed by atoms with Crippen molar-refractivity contribution in [3.05, 3.63) is 77.2 Å². The van der Waals surface area contributed by atoms with Crippen molar-refractivity contribution < 1.29 is 4.79 Å². The lowest BCUT2D eigenvalue weighted by atomic mass is 10.1. The van der Waals surface area contributed by atoms with E-state index in [0.717, 1.165) is 11.2 Å². The third-order valence-corrected chi connectivity index (χ3v) is 4.86. The third kappa shape index (κ3) is 3.78. The summed E-state index contributed by atoms with van der Waals surface area (Å²) in [5.74, 6) is -0.210. The summed E-state index contributed by atoms with van der Waals surface area (Å²) in [4.78, 5) is 21.4. The third-order valence-electron chi connectivity index (χ3n) is 3.90. The van der Waals surface area contributed by atoms with Gasteiger partial charge in [0.05, 0.1) is 23.5 Å². The molecule has 0 saturated carbocycles. The zero-order valence-corrected chi connectivity index (χ0v) is 14.9. The van der Waals surface area contributed by atoms with E-state index in [9.17, 15) is 4.79 Å². The van der Waals surface area contributed by atoms with Crippen molar-refractivity contribution in [3.8, 4) is 6.07 Å². The minimum absolute atomic E-state index is 0.210. The number of aromatic nitrogens is 3. The largest absolute Gasteiger partial charge is 0.357 e. The molecule has 0 bridgehead atoms. The molecule has 27 heavy (non-hydrogen) atoms. The fraction of sp³-hybridized carbons (Fsp3) is 0.0526. The number of imidazole rings is 1. The molecule has 0 spiro atoms. The van der Waals surface area contributed by atoms with Crippen LogP contribution in [-0.4, -0.2) is 20.3 Å². The molecule has 4 aromatic rings. The van der Waals surface area contributed by atoms with Crippen molar-refractivity contribution in [2.75, 3.05) is 10.6 Å². The van der Waals surface area contributed by atoms with Gasteiger partial charge in [0.2, 0.25) is 0 Å². The van der Waals surface area contributed by atoms with Crippen molar-refractivity contribution >= 4 is 33.7 Å². The van der Waals surface area contributed by atoms with Crippen LogP contribution in [0.25, 0.3) is 5.65 Å². The second-order valence-corrected chi connectivity index (χ2v) is 6.79. The number of benzene rings is 1. The highest BCUT2D eigenvalue weighted by molar-refractivity contribution is 7.17. The number of anilines is 2. The molecule has 1 amide bonds. The maximum atomic E-state index is 12.4. The number of carbonyl (C=O) groups excluding carboxylic acids is 1. The van der Waals surface area contributed by atoms with Crippen LogP contribution >= 0.6 is 11.3 Å². The molecule has 0 saturated heterocycles. The summed E-state index contributed by atoms with van der Waals surface area (Å²) in [6.45, 7) is 0.567. The van der Waals surface area contributed by atoms with E-state index in [1.807, 2.05) is 41.1 Å². The van der Waals surface area contributed by atoms with E-state index in [-0.39, 0.29) is 5.91 Å². The predicted molar refractivity (Wildman–Crippen MR) is 104 cm³/mol. The predicted octanol–water partition coefficient (Wildman–Crippen LogP) is 3.53. The van der Waals surface area contributed by atoms with Crippen LogP contribution in [0.5, 0.6) is 0 Å². The van der Waals surface area contributed by atoms with Crippen molar-refractivity contribution in [2.45, 2.75) is 6.54 Å². The number of fused-ring (bicyclic) bond motifs is 1. The van der Waals surface area contributed by atoms with Gasteiger partial charge in [0, 0.05) is 25.1 Å². The highest BCUT2D eigenvalue weighted by Crippen LogP contribution is 2.20. The number of amides is 1. The molecular weight excluding hydrogens is 360 g/mol. The SMILES string of the molecule is N#Cc1ccc(CNc2ncc(C(=O)Nc3ccc4nccn4c3)s2)cc1.